The van der Waals surface area contributed by atoms with E-state index in [1.807, 2.05) is 0 Å². The van der Waals surface area contributed by atoms with Gasteiger partial charge < -0.3 is 25.0 Å². The summed E-state index contributed by atoms with van der Waals surface area (Å²) in [6.07, 6.45) is 3.14. The number of aromatic nitrogens is 4. The van der Waals surface area contributed by atoms with E-state index in [1.54, 1.807) is 44.6 Å². The molecule has 10 nitrogen and oxygen atoms in total. The minimum Gasteiger partial charge on any atom is -0.424 e. The van der Waals surface area contributed by atoms with Gasteiger partial charge in [0.15, 0.2) is 11.0 Å². The van der Waals surface area contributed by atoms with Gasteiger partial charge >= 0.3 is 6.01 Å². The van der Waals surface area contributed by atoms with E-state index in [9.17, 15) is 4.79 Å². The summed E-state index contributed by atoms with van der Waals surface area (Å²) in [5.74, 6) is 1.43. The predicted octanol–water partition coefficient (Wildman–Crippen LogP) is 2.05. The molecule has 3 saturated heterocycles. The Morgan fingerprint density at radius 2 is 1.90 bits per heavy atom. The fourth-order valence-corrected chi connectivity index (χ4v) is 4.20. The zero-order chi connectivity index (χ0) is 21.5. The predicted molar refractivity (Wildman–Crippen MR) is 115 cm³/mol. The van der Waals surface area contributed by atoms with Crippen molar-refractivity contribution in [2.75, 3.05) is 37.8 Å². The van der Waals surface area contributed by atoms with E-state index in [-0.39, 0.29) is 24.1 Å². The van der Waals surface area contributed by atoms with E-state index in [2.05, 4.69) is 24.8 Å². The van der Waals surface area contributed by atoms with Crippen molar-refractivity contribution in [3.05, 3.63) is 36.0 Å². The van der Waals surface area contributed by atoms with Crippen molar-refractivity contribution in [1.82, 2.24) is 24.8 Å². The number of rotatable bonds is 5. The van der Waals surface area contributed by atoms with E-state index in [0.717, 1.165) is 24.4 Å². The SMILES string of the molecule is CN(C)C(=O)c1ccc(Oc2nc(-c3cnc(N)s3)nc(N3C[C@H]4C[C@@H](C3)O4)n2)cc1. The van der Waals surface area contributed by atoms with E-state index in [4.69, 9.17) is 15.2 Å². The average molecular weight is 440 g/mol. The highest BCUT2D eigenvalue weighted by Gasteiger charge is 2.39. The summed E-state index contributed by atoms with van der Waals surface area (Å²) >= 11 is 1.30. The second-order valence-electron chi connectivity index (χ2n) is 7.65. The molecule has 1 amide bonds. The number of carbonyl (C=O) groups excluding carboxylic acids is 1. The third-order valence-electron chi connectivity index (χ3n) is 5.11. The number of ether oxygens (including phenoxy) is 2. The first kappa shape index (κ1) is 19.6. The molecule has 2 aromatic heterocycles. The smallest absolute Gasteiger partial charge is 0.327 e. The van der Waals surface area contributed by atoms with Crippen LogP contribution in [0.4, 0.5) is 11.1 Å². The minimum absolute atomic E-state index is 0.0787. The van der Waals surface area contributed by atoms with Crippen LogP contribution >= 0.6 is 11.3 Å². The fraction of sp³-hybridized carbons (Fsp3) is 0.350. The molecule has 3 aliphatic heterocycles. The Hall–Kier alpha value is -3.31. The number of nitrogen functional groups attached to an aromatic ring is 1. The Morgan fingerprint density at radius 1 is 1.19 bits per heavy atom. The number of amides is 1. The van der Waals surface area contributed by atoms with Crippen LogP contribution in [0.5, 0.6) is 11.8 Å². The van der Waals surface area contributed by atoms with Gasteiger partial charge in [0.2, 0.25) is 5.95 Å². The molecule has 2 N–H and O–H groups in total. The molecule has 3 aromatic rings. The van der Waals surface area contributed by atoms with Crippen LogP contribution in [-0.2, 0) is 4.74 Å². The number of nitrogens with zero attached hydrogens (tertiary/aromatic N) is 6. The fourth-order valence-electron chi connectivity index (χ4n) is 3.58. The molecule has 11 heteroatoms. The molecule has 31 heavy (non-hydrogen) atoms. The Labute approximate surface area is 182 Å². The Morgan fingerprint density at radius 3 is 2.52 bits per heavy atom. The molecule has 160 valence electrons. The Bertz CT molecular complexity index is 1100. The Balaban J connectivity index is 1.44. The van der Waals surface area contributed by atoms with Crippen molar-refractivity contribution in [3.8, 4) is 22.5 Å². The van der Waals surface area contributed by atoms with Crippen molar-refractivity contribution in [1.29, 1.82) is 0 Å². The van der Waals surface area contributed by atoms with Gasteiger partial charge in [0.05, 0.1) is 23.3 Å². The van der Waals surface area contributed by atoms with Gasteiger partial charge in [0, 0.05) is 39.2 Å². The maximum absolute atomic E-state index is 12.1. The van der Waals surface area contributed by atoms with Gasteiger partial charge in [-0.25, -0.2) is 4.98 Å². The quantitative estimate of drug-likeness (QED) is 0.637. The van der Waals surface area contributed by atoms with Gasteiger partial charge in [-0.15, -0.1) is 0 Å². The van der Waals surface area contributed by atoms with Crippen LogP contribution in [0.3, 0.4) is 0 Å². The second kappa shape index (κ2) is 7.75. The van der Waals surface area contributed by atoms with Gasteiger partial charge in [-0.2, -0.15) is 15.0 Å². The van der Waals surface area contributed by atoms with E-state index in [0.29, 0.717) is 28.2 Å². The molecular formula is C20H21N7O3S. The number of anilines is 2. The molecule has 6 rings (SSSR count). The van der Waals surface area contributed by atoms with E-state index < -0.39 is 0 Å². The number of piperidine rings is 1. The van der Waals surface area contributed by atoms with E-state index >= 15 is 0 Å². The van der Waals surface area contributed by atoms with Crippen LogP contribution < -0.4 is 15.4 Å². The molecule has 2 bridgehead atoms. The number of hydrogen-bond acceptors (Lipinski definition) is 10. The van der Waals surface area contributed by atoms with Crippen LogP contribution in [0.25, 0.3) is 10.7 Å². The standard InChI is InChI=1S/C20H21N7O3S/c1-26(2)17(28)11-3-5-12(6-4-11)30-20-24-16(15-8-22-18(21)31-15)23-19(25-20)27-9-13-7-14(10-27)29-13/h3-6,8,13-14H,7,9-10H2,1-2H3,(H2,21,22)/t13-,14+. The lowest BCUT2D eigenvalue weighted by Gasteiger charge is -2.46. The first-order valence-electron chi connectivity index (χ1n) is 9.82. The lowest BCUT2D eigenvalue weighted by atomic mass is 9.99. The molecule has 3 fully saturated rings. The molecule has 0 radical (unpaired) electrons. The molecule has 0 spiro atoms. The van der Waals surface area contributed by atoms with Gasteiger partial charge in [-0.3, -0.25) is 4.79 Å². The molecule has 2 atom stereocenters. The molecule has 5 heterocycles. The molecule has 0 unspecified atom stereocenters. The van der Waals surface area contributed by atoms with Crippen molar-refractivity contribution in [2.24, 2.45) is 0 Å². The molecule has 3 aliphatic rings. The third-order valence-corrected chi connectivity index (χ3v) is 5.93. The first-order chi connectivity index (χ1) is 14.9. The highest BCUT2D eigenvalue weighted by atomic mass is 32.1. The largest absolute Gasteiger partial charge is 0.424 e. The van der Waals surface area contributed by atoms with Crippen molar-refractivity contribution >= 4 is 28.3 Å². The van der Waals surface area contributed by atoms with Crippen LogP contribution in [-0.4, -0.2) is 70.1 Å². The van der Waals surface area contributed by atoms with Crippen molar-refractivity contribution in [3.63, 3.8) is 0 Å². The molecule has 0 saturated carbocycles. The average Bonchev–Trinajstić information content (AvgIpc) is 3.19. The van der Waals surface area contributed by atoms with Crippen LogP contribution in [0, 0.1) is 0 Å². The molecule has 1 aromatic carbocycles. The summed E-state index contributed by atoms with van der Waals surface area (Å²) < 4.78 is 11.6. The lowest BCUT2D eigenvalue weighted by Crippen LogP contribution is -2.57. The number of hydrogen-bond donors (Lipinski definition) is 1. The monoisotopic (exact) mass is 439 g/mol. The number of benzene rings is 1. The number of fused-ring (bicyclic) bond motifs is 2. The first-order valence-corrected chi connectivity index (χ1v) is 10.6. The number of thiazole rings is 1. The van der Waals surface area contributed by atoms with Gasteiger partial charge in [0.1, 0.15) is 5.75 Å². The van der Waals surface area contributed by atoms with Gasteiger partial charge in [-0.1, -0.05) is 11.3 Å². The summed E-state index contributed by atoms with van der Waals surface area (Å²) in [6.45, 7) is 1.46. The number of nitrogens with two attached hydrogens (primary N) is 1. The normalized spacial score (nSPS) is 19.6. The number of carbonyl (C=O) groups is 1. The van der Waals surface area contributed by atoms with Crippen LogP contribution in [0.2, 0.25) is 0 Å². The van der Waals surface area contributed by atoms with Gasteiger partial charge in [0.25, 0.3) is 5.91 Å². The maximum Gasteiger partial charge on any atom is 0.327 e. The zero-order valence-corrected chi connectivity index (χ0v) is 17.9. The highest BCUT2D eigenvalue weighted by Crippen LogP contribution is 2.33. The topological polar surface area (TPSA) is 120 Å². The van der Waals surface area contributed by atoms with Crippen LogP contribution in [0.1, 0.15) is 16.8 Å². The van der Waals surface area contributed by atoms with Crippen molar-refractivity contribution < 1.29 is 14.3 Å². The summed E-state index contributed by atoms with van der Waals surface area (Å²) in [6, 6.07) is 7.02. The van der Waals surface area contributed by atoms with Crippen LogP contribution in [0.15, 0.2) is 30.5 Å². The maximum atomic E-state index is 12.1. The summed E-state index contributed by atoms with van der Waals surface area (Å²) in [5, 5.41) is 0.438. The van der Waals surface area contributed by atoms with Crippen molar-refractivity contribution in [2.45, 2.75) is 18.6 Å². The third kappa shape index (κ3) is 4.01. The minimum atomic E-state index is -0.0787. The number of morpholine rings is 1. The zero-order valence-electron chi connectivity index (χ0n) is 17.1. The Kier molecular flexibility index (Phi) is 4.91. The lowest BCUT2D eigenvalue weighted by molar-refractivity contribution is -0.133. The second-order valence-corrected chi connectivity index (χ2v) is 8.71. The molecular weight excluding hydrogens is 418 g/mol. The van der Waals surface area contributed by atoms with Gasteiger partial charge in [-0.05, 0) is 24.3 Å². The van der Waals surface area contributed by atoms with E-state index in [1.165, 1.54) is 16.2 Å². The summed E-state index contributed by atoms with van der Waals surface area (Å²) in [4.78, 5) is 34.1. The summed E-state index contributed by atoms with van der Waals surface area (Å²) in [7, 11) is 3.42. The summed E-state index contributed by atoms with van der Waals surface area (Å²) in [5.41, 5.74) is 6.36. The highest BCUT2D eigenvalue weighted by molar-refractivity contribution is 7.18. The molecule has 0 aliphatic carbocycles.